The van der Waals surface area contributed by atoms with Gasteiger partial charge in [-0.05, 0) is 6.07 Å². The predicted molar refractivity (Wildman–Crippen MR) is 69.2 cm³/mol. The number of nitrogens with one attached hydrogen (secondary N) is 2. The summed E-state index contributed by atoms with van der Waals surface area (Å²) in [4.78, 5) is 11.5. The van der Waals surface area contributed by atoms with Gasteiger partial charge in [-0.15, -0.1) is 0 Å². The Morgan fingerprint density at radius 2 is 1.91 bits per heavy atom. The molecule has 1 aromatic carbocycles. The number of carbonyl (C=O) groups excluding carboxylic acids is 1. The molecular weight excluding hydrogens is 332 g/mol. The van der Waals surface area contributed by atoms with Crippen LogP contribution in [0.25, 0.3) is 0 Å². The zero-order chi connectivity index (χ0) is 17.1. The number of sulfonamides is 1. The summed E-state index contributed by atoms with van der Waals surface area (Å²) in [6.07, 6.45) is -4.51. The first-order valence-corrected chi connectivity index (χ1v) is 7.63. The number of carbonyl (C=O) groups is 1. The third kappa shape index (κ3) is 5.48. The third-order valence-electron chi connectivity index (χ3n) is 2.38. The molecule has 1 aromatic rings. The summed E-state index contributed by atoms with van der Waals surface area (Å²) in [6.45, 7) is -0.279. The van der Waals surface area contributed by atoms with Gasteiger partial charge in [-0.25, -0.2) is 17.5 Å². The molecule has 124 valence electrons. The zero-order valence-electron chi connectivity index (χ0n) is 11.2. The maximum atomic E-state index is 13.1. The topological polar surface area (TPSA) is 95.5 Å². The van der Waals surface area contributed by atoms with Gasteiger partial charge in [0.1, 0.15) is 11.6 Å². The van der Waals surface area contributed by atoms with E-state index in [0.29, 0.717) is 0 Å². The molecular formula is C11H12F4N2O4S. The van der Waals surface area contributed by atoms with Crippen molar-refractivity contribution in [3.05, 3.63) is 23.5 Å². The summed E-state index contributed by atoms with van der Waals surface area (Å²) in [6, 6.07) is 0.486. The van der Waals surface area contributed by atoms with E-state index in [0.717, 1.165) is 6.26 Å². The smallest absolute Gasteiger partial charge is 0.419 e. The first-order valence-electron chi connectivity index (χ1n) is 5.74. The number of aromatic hydroxyl groups is 1. The van der Waals surface area contributed by atoms with E-state index in [-0.39, 0.29) is 25.1 Å². The Morgan fingerprint density at radius 1 is 1.32 bits per heavy atom. The number of rotatable bonds is 5. The van der Waals surface area contributed by atoms with E-state index in [1.165, 1.54) is 0 Å². The van der Waals surface area contributed by atoms with Gasteiger partial charge in [0, 0.05) is 19.0 Å². The molecule has 0 radical (unpaired) electrons. The lowest BCUT2D eigenvalue weighted by molar-refractivity contribution is -0.140. The van der Waals surface area contributed by atoms with E-state index < -0.39 is 44.9 Å². The van der Waals surface area contributed by atoms with E-state index in [1.54, 1.807) is 0 Å². The largest absolute Gasteiger partial charge is 0.506 e. The van der Waals surface area contributed by atoms with Gasteiger partial charge in [0.2, 0.25) is 15.9 Å². The van der Waals surface area contributed by atoms with Crippen molar-refractivity contribution in [1.29, 1.82) is 0 Å². The zero-order valence-corrected chi connectivity index (χ0v) is 12.0. The van der Waals surface area contributed by atoms with Crippen LogP contribution in [0.1, 0.15) is 12.0 Å². The molecule has 6 nitrogen and oxygen atoms in total. The summed E-state index contributed by atoms with van der Waals surface area (Å²) in [5.74, 6) is -3.41. The van der Waals surface area contributed by atoms with Gasteiger partial charge in [-0.1, -0.05) is 0 Å². The minimum atomic E-state index is -4.99. The van der Waals surface area contributed by atoms with Crippen LogP contribution in [-0.2, 0) is 21.0 Å². The third-order valence-corrected chi connectivity index (χ3v) is 3.11. The van der Waals surface area contributed by atoms with Crippen molar-refractivity contribution in [2.45, 2.75) is 12.6 Å². The van der Waals surface area contributed by atoms with Gasteiger partial charge < -0.3 is 10.4 Å². The van der Waals surface area contributed by atoms with Gasteiger partial charge in [-0.3, -0.25) is 4.79 Å². The van der Waals surface area contributed by atoms with Crippen LogP contribution >= 0.6 is 0 Å². The Kier molecular flexibility index (Phi) is 5.35. The summed E-state index contributed by atoms with van der Waals surface area (Å²) in [5.41, 5.74) is -2.27. The molecule has 0 aliphatic rings. The van der Waals surface area contributed by atoms with E-state index in [9.17, 15) is 35.9 Å². The van der Waals surface area contributed by atoms with Crippen molar-refractivity contribution in [3.8, 4) is 5.75 Å². The summed E-state index contributed by atoms with van der Waals surface area (Å²) >= 11 is 0. The van der Waals surface area contributed by atoms with Crippen LogP contribution in [0.2, 0.25) is 0 Å². The average Bonchev–Trinajstić information content (AvgIpc) is 2.29. The van der Waals surface area contributed by atoms with Crippen LogP contribution in [0.4, 0.5) is 23.2 Å². The number of halogens is 4. The fraction of sp³-hybridized carbons (Fsp3) is 0.364. The van der Waals surface area contributed by atoms with Gasteiger partial charge in [0.05, 0.1) is 17.5 Å². The molecule has 11 heteroatoms. The Hall–Kier alpha value is -1.88. The molecule has 0 aliphatic carbocycles. The highest BCUT2D eigenvalue weighted by molar-refractivity contribution is 7.88. The average molecular weight is 344 g/mol. The van der Waals surface area contributed by atoms with Crippen molar-refractivity contribution in [2.75, 3.05) is 18.1 Å². The highest BCUT2D eigenvalue weighted by Gasteiger charge is 2.35. The monoisotopic (exact) mass is 344 g/mol. The summed E-state index contributed by atoms with van der Waals surface area (Å²) in [7, 11) is -3.51. The van der Waals surface area contributed by atoms with Crippen LogP contribution in [0.5, 0.6) is 5.75 Å². The van der Waals surface area contributed by atoms with Crippen LogP contribution in [-0.4, -0.2) is 32.2 Å². The molecule has 22 heavy (non-hydrogen) atoms. The van der Waals surface area contributed by atoms with Crippen LogP contribution in [0.15, 0.2) is 12.1 Å². The van der Waals surface area contributed by atoms with Crippen LogP contribution in [0, 0.1) is 5.82 Å². The van der Waals surface area contributed by atoms with Crippen LogP contribution in [0.3, 0.4) is 0 Å². The molecule has 0 bridgehead atoms. The van der Waals surface area contributed by atoms with Gasteiger partial charge in [0.15, 0.2) is 0 Å². The molecule has 1 rings (SSSR count). The molecule has 0 fully saturated rings. The van der Waals surface area contributed by atoms with Gasteiger partial charge in [-0.2, -0.15) is 13.2 Å². The number of amides is 1. The minimum Gasteiger partial charge on any atom is -0.506 e. The second kappa shape index (κ2) is 6.48. The lowest BCUT2D eigenvalue weighted by atomic mass is 10.1. The number of hydrogen-bond donors (Lipinski definition) is 3. The lowest BCUT2D eigenvalue weighted by Gasteiger charge is -2.12. The fourth-order valence-corrected chi connectivity index (χ4v) is 1.92. The van der Waals surface area contributed by atoms with Crippen molar-refractivity contribution in [3.63, 3.8) is 0 Å². The van der Waals surface area contributed by atoms with Crippen LogP contribution < -0.4 is 10.0 Å². The van der Waals surface area contributed by atoms with Crippen molar-refractivity contribution >= 4 is 21.6 Å². The van der Waals surface area contributed by atoms with E-state index in [1.807, 2.05) is 10.0 Å². The first-order chi connectivity index (χ1) is 9.90. The molecule has 0 unspecified atom stereocenters. The molecule has 0 heterocycles. The number of hydrogen-bond acceptors (Lipinski definition) is 4. The molecule has 1 amide bonds. The van der Waals surface area contributed by atoms with Gasteiger partial charge in [0.25, 0.3) is 0 Å². The number of phenols is 1. The maximum absolute atomic E-state index is 13.1. The summed E-state index contributed by atoms with van der Waals surface area (Å²) in [5, 5.41) is 11.3. The Labute approximate surface area is 123 Å². The quantitative estimate of drug-likeness (QED) is 0.556. The molecule has 0 saturated heterocycles. The van der Waals surface area contributed by atoms with E-state index in [2.05, 4.69) is 0 Å². The molecule has 0 aliphatic heterocycles. The first kappa shape index (κ1) is 18.2. The van der Waals surface area contributed by atoms with Crippen molar-refractivity contribution < 1.29 is 35.9 Å². The number of anilines is 1. The molecule has 3 N–H and O–H groups in total. The number of benzene rings is 1. The summed E-state index contributed by atoms with van der Waals surface area (Å²) < 4.78 is 74.2. The Morgan fingerprint density at radius 3 is 2.41 bits per heavy atom. The molecule has 0 atom stereocenters. The Balaban J connectivity index is 2.83. The SMILES string of the molecule is CS(=O)(=O)NCCC(=O)Nc1cc(C(F)(F)F)c(F)cc1O. The molecule has 0 aromatic heterocycles. The molecule has 0 saturated carbocycles. The van der Waals surface area contributed by atoms with E-state index in [4.69, 9.17) is 0 Å². The van der Waals surface area contributed by atoms with Gasteiger partial charge >= 0.3 is 6.18 Å². The number of phenolic OH excluding ortho intramolecular Hbond substituents is 1. The standard InChI is InChI=1S/C11H12F4N2O4S/c1-22(20,21)16-3-2-10(19)17-8-4-6(11(13,14)15)7(12)5-9(8)18/h4-5,16,18H,2-3H2,1H3,(H,17,19). The van der Waals surface area contributed by atoms with E-state index >= 15 is 0 Å². The number of alkyl halides is 3. The highest BCUT2D eigenvalue weighted by Crippen LogP contribution is 2.36. The maximum Gasteiger partial charge on any atom is 0.419 e. The second-order valence-corrected chi connectivity index (χ2v) is 6.14. The van der Waals surface area contributed by atoms with Crippen molar-refractivity contribution in [2.24, 2.45) is 0 Å². The lowest BCUT2D eigenvalue weighted by Crippen LogP contribution is -2.26. The fourth-order valence-electron chi connectivity index (χ4n) is 1.44. The minimum absolute atomic E-state index is 0.229. The predicted octanol–water partition coefficient (Wildman–Crippen LogP) is 1.43. The van der Waals surface area contributed by atoms with Crippen molar-refractivity contribution in [1.82, 2.24) is 4.72 Å². The Bertz CT molecular complexity index is 673. The normalized spacial score (nSPS) is 12.2. The second-order valence-electron chi connectivity index (χ2n) is 4.31. The molecule has 0 spiro atoms. The highest BCUT2D eigenvalue weighted by atomic mass is 32.2.